The predicted octanol–water partition coefficient (Wildman–Crippen LogP) is 3.92. The molecule has 0 saturated carbocycles. The van der Waals surface area contributed by atoms with Crippen LogP contribution < -0.4 is 0 Å². The number of allylic oxidation sites excluding steroid dienone is 2. The minimum absolute atomic E-state index is 0.0430. The van der Waals surface area contributed by atoms with Crippen molar-refractivity contribution in [2.45, 2.75) is 77.1 Å². The van der Waals surface area contributed by atoms with Crippen LogP contribution in [0.2, 0.25) is 0 Å². The average Bonchev–Trinajstić information content (AvgIpc) is 3.07. The standard InChI is InChI=1S/C20H32O3/c1-15(2)12-17(22)13-19(3)9-5-10-20(4)18(23-20)7-6-16(14-21)8-11-19/h5,8-9,17-18,21-22H,1,6-7,10-14H2,2-4H3/b9-5+,16-8+/t17?,18-,19+,20-/m0/s1. The molecule has 0 spiro atoms. The van der Waals surface area contributed by atoms with Gasteiger partial charge in [0.05, 0.1) is 24.4 Å². The van der Waals surface area contributed by atoms with Crippen LogP contribution in [0.1, 0.15) is 59.3 Å². The summed E-state index contributed by atoms with van der Waals surface area (Å²) in [6.07, 6.45) is 11.5. The van der Waals surface area contributed by atoms with Crippen molar-refractivity contribution in [1.82, 2.24) is 0 Å². The molecule has 2 rings (SSSR count). The Morgan fingerprint density at radius 1 is 1.43 bits per heavy atom. The third kappa shape index (κ3) is 5.30. The van der Waals surface area contributed by atoms with Crippen LogP contribution in [0.4, 0.5) is 0 Å². The first-order valence-corrected chi connectivity index (χ1v) is 8.73. The number of fused-ring (bicyclic) bond motifs is 1. The Labute approximate surface area is 140 Å². The number of hydrogen-bond donors (Lipinski definition) is 2. The van der Waals surface area contributed by atoms with Crippen molar-refractivity contribution in [3.8, 4) is 0 Å². The second-order valence-corrected chi connectivity index (χ2v) is 7.96. The summed E-state index contributed by atoms with van der Waals surface area (Å²) in [5, 5.41) is 19.9. The quantitative estimate of drug-likeness (QED) is 0.596. The van der Waals surface area contributed by atoms with Crippen molar-refractivity contribution < 1.29 is 14.9 Å². The van der Waals surface area contributed by atoms with Crippen molar-refractivity contribution in [3.63, 3.8) is 0 Å². The zero-order valence-corrected chi connectivity index (χ0v) is 14.8. The molecule has 0 aromatic heterocycles. The fourth-order valence-corrected chi connectivity index (χ4v) is 3.58. The van der Waals surface area contributed by atoms with E-state index in [0.717, 1.165) is 36.8 Å². The number of aliphatic hydroxyl groups is 2. The van der Waals surface area contributed by atoms with Crippen molar-refractivity contribution in [2.24, 2.45) is 5.41 Å². The lowest BCUT2D eigenvalue weighted by atomic mass is 9.79. The molecule has 0 amide bonds. The van der Waals surface area contributed by atoms with Crippen LogP contribution in [0.3, 0.4) is 0 Å². The Kier molecular flexibility index (Phi) is 5.88. The van der Waals surface area contributed by atoms with E-state index >= 15 is 0 Å². The molecule has 2 N–H and O–H groups in total. The molecule has 130 valence electrons. The van der Waals surface area contributed by atoms with Crippen LogP contribution in [0.25, 0.3) is 0 Å². The van der Waals surface area contributed by atoms with Gasteiger partial charge in [0.2, 0.25) is 0 Å². The van der Waals surface area contributed by atoms with Gasteiger partial charge in [-0.1, -0.05) is 30.7 Å². The lowest BCUT2D eigenvalue weighted by molar-refractivity contribution is 0.125. The maximum Gasteiger partial charge on any atom is 0.0954 e. The van der Waals surface area contributed by atoms with Gasteiger partial charge in [0, 0.05) is 0 Å². The molecule has 2 aliphatic rings. The molecule has 0 aromatic rings. The normalized spacial score (nSPS) is 39.3. The molecule has 4 atom stereocenters. The highest BCUT2D eigenvalue weighted by Crippen LogP contribution is 2.44. The summed E-state index contributed by atoms with van der Waals surface area (Å²) in [5.41, 5.74) is 1.94. The molecular formula is C20H32O3. The Balaban J connectivity index is 2.13. The number of ether oxygens (including phenoxy) is 1. The van der Waals surface area contributed by atoms with E-state index in [1.54, 1.807) is 0 Å². The minimum atomic E-state index is -0.376. The first-order valence-electron chi connectivity index (χ1n) is 8.73. The molecule has 1 aliphatic heterocycles. The molecule has 1 saturated heterocycles. The predicted molar refractivity (Wildman–Crippen MR) is 94.2 cm³/mol. The van der Waals surface area contributed by atoms with E-state index < -0.39 is 0 Å². The third-order valence-corrected chi connectivity index (χ3v) is 5.15. The van der Waals surface area contributed by atoms with E-state index in [4.69, 9.17) is 4.74 Å². The topological polar surface area (TPSA) is 53.0 Å². The Morgan fingerprint density at radius 3 is 2.83 bits per heavy atom. The van der Waals surface area contributed by atoms with E-state index in [-0.39, 0.29) is 23.7 Å². The minimum Gasteiger partial charge on any atom is -0.393 e. The van der Waals surface area contributed by atoms with Gasteiger partial charge in [-0.15, -0.1) is 6.58 Å². The Bertz CT molecular complexity index is 493. The van der Waals surface area contributed by atoms with Gasteiger partial charge >= 0.3 is 0 Å². The summed E-state index contributed by atoms with van der Waals surface area (Å²) in [7, 11) is 0. The summed E-state index contributed by atoms with van der Waals surface area (Å²) < 4.78 is 5.85. The summed E-state index contributed by atoms with van der Waals surface area (Å²) in [6.45, 7) is 10.3. The zero-order valence-electron chi connectivity index (χ0n) is 14.8. The first kappa shape index (κ1) is 18.4. The monoisotopic (exact) mass is 320 g/mol. The van der Waals surface area contributed by atoms with Crippen LogP contribution in [0.5, 0.6) is 0 Å². The van der Waals surface area contributed by atoms with Gasteiger partial charge in [0.1, 0.15) is 0 Å². The smallest absolute Gasteiger partial charge is 0.0954 e. The van der Waals surface area contributed by atoms with E-state index in [1.807, 2.05) is 6.92 Å². The maximum absolute atomic E-state index is 10.3. The van der Waals surface area contributed by atoms with Crippen molar-refractivity contribution >= 4 is 0 Å². The van der Waals surface area contributed by atoms with Gasteiger partial charge in [-0.25, -0.2) is 0 Å². The maximum atomic E-state index is 10.3. The van der Waals surface area contributed by atoms with Gasteiger partial charge in [-0.05, 0) is 63.4 Å². The van der Waals surface area contributed by atoms with Gasteiger partial charge in [-0.3, -0.25) is 0 Å². The summed E-state index contributed by atoms with van der Waals surface area (Å²) in [5.74, 6) is 0. The van der Waals surface area contributed by atoms with E-state index in [2.05, 4.69) is 38.7 Å². The first-order chi connectivity index (χ1) is 10.8. The van der Waals surface area contributed by atoms with Crippen LogP contribution in [0, 0.1) is 5.41 Å². The highest BCUT2D eigenvalue weighted by molar-refractivity contribution is 5.14. The fraction of sp³-hybridized carbons (Fsp3) is 0.700. The van der Waals surface area contributed by atoms with Crippen molar-refractivity contribution in [1.29, 1.82) is 0 Å². The van der Waals surface area contributed by atoms with E-state index in [1.165, 1.54) is 0 Å². The summed E-state index contributed by atoms with van der Waals surface area (Å²) in [4.78, 5) is 0. The SMILES string of the molecule is C=C(C)CC(O)C[C@]1(C)/C=C/C[C@]2(C)O[C@H]2CC/C(CO)=C\C1. The van der Waals surface area contributed by atoms with Gasteiger partial charge in [0.25, 0.3) is 0 Å². The largest absolute Gasteiger partial charge is 0.393 e. The van der Waals surface area contributed by atoms with Crippen LogP contribution >= 0.6 is 0 Å². The molecule has 0 radical (unpaired) electrons. The molecule has 1 unspecified atom stereocenters. The molecule has 1 fully saturated rings. The molecule has 23 heavy (non-hydrogen) atoms. The fourth-order valence-electron chi connectivity index (χ4n) is 3.58. The summed E-state index contributed by atoms with van der Waals surface area (Å²) >= 11 is 0. The summed E-state index contributed by atoms with van der Waals surface area (Å²) in [6, 6.07) is 0. The Morgan fingerprint density at radius 2 is 2.17 bits per heavy atom. The van der Waals surface area contributed by atoms with E-state index in [9.17, 15) is 10.2 Å². The second kappa shape index (κ2) is 7.33. The zero-order chi connectivity index (χ0) is 17.1. The van der Waals surface area contributed by atoms with Gasteiger partial charge in [0.15, 0.2) is 0 Å². The lowest BCUT2D eigenvalue weighted by Gasteiger charge is -2.28. The number of aliphatic hydroxyl groups excluding tert-OH is 2. The van der Waals surface area contributed by atoms with Crippen LogP contribution in [-0.4, -0.2) is 34.6 Å². The molecule has 3 nitrogen and oxygen atoms in total. The molecular weight excluding hydrogens is 288 g/mol. The van der Waals surface area contributed by atoms with Crippen LogP contribution in [0.15, 0.2) is 36.0 Å². The number of epoxide rings is 1. The average molecular weight is 320 g/mol. The molecule has 3 heteroatoms. The highest BCUT2D eigenvalue weighted by atomic mass is 16.6. The lowest BCUT2D eigenvalue weighted by Crippen LogP contribution is -2.22. The van der Waals surface area contributed by atoms with E-state index in [0.29, 0.717) is 18.9 Å². The molecule has 1 heterocycles. The second-order valence-electron chi connectivity index (χ2n) is 7.96. The van der Waals surface area contributed by atoms with Crippen LogP contribution in [-0.2, 0) is 4.74 Å². The number of hydrogen-bond acceptors (Lipinski definition) is 3. The third-order valence-electron chi connectivity index (χ3n) is 5.15. The van der Waals surface area contributed by atoms with Crippen molar-refractivity contribution in [3.05, 3.63) is 36.0 Å². The molecule has 0 aromatic carbocycles. The van der Waals surface area contributed by atoms with Gasteiger partial charge < -0.3 is 14.9 Å². The molecule has 1 aliphatic carbocycles. The van der Waals surface area contributed by atoms with Crippen molar-refractivity contribution in [2.75, 3.05) is 6.61 Å². The highest BCUT2D eigenvalue weighted by Gasteiger charge is 2.50. The Hall–Kier alpha value is -0.900. The molecule has 0 bridgehead atoms. The number of rotatable bonds is 5. The van der Waals surface area contributed by atoms with Gasteiger partial charge in [-0.2, -0.15) is 0 Å².